The van der Waals surface area contributed by atoms with E-state index >= 15 is 0 Å². The van der Waals surface area contributed by atoms with Crippen LogP contribution in [0.1, 0.15) is 17.3 Å². The van der Waals surface area contributed by atoms with Crippen molar-refractivity contribution in [2.24, 2.45) is 0 Å². The average molecular weight is 288 g/mol. The number of rotatable bonds is 4. The highest BCUT2D eigenvalue weighted by molar-refractivity contribution is 5.92. The minimum atomic E-state index is -0.456. The lowest BCUT2D eigenvalue weighted by molar-refractivity contribution is 0.0601. The average Bonchev–Trinajstić information content (AvgIpc) is 2.50. The molecule has 2 rings (SSSR count). The van der Waals surface area contributed by atoms with Gasteiger partial charge >= 0.3 is 5.97 Å². The van der Waals surface area contributed by atoms with Crippen molar-refractivity contribution < 1.29 is 13.9 Å². The van der Waals surface area contributed by atoms with Crippen molar-refractivity contribution in [2.75, 3.05) is 24.3 Å². The second-order valence-electron chi connectivity index (χ2n) is 4.46. The van der Waals surface area contributed by atoms with Crippen molar-refractivity contribution in [3.8, 4) is 0 Å². The summed E-state index contributed by atoms with van der Waals surface area (Å²) >= 11 is 0. The first-order valence-electron chi connectivity index (χ1n) is 6.58. The van der Waals surface area contributed by atoms with Crippen LogP contribution in [0.3, 0.4) is 0 Å². The largest absolute Gasteiger partial charge is 0.465 e. The van der Waals surface area contributed by atoms with Crippen LogP contribution in [0.5, 0.6) is 0 Å². The third kappa shape index (κ3) is 2.97. The molecule has 2 aromatic rings. The summed E-state index contributed by atoms with van der Waals surface area (Å²) in [6.07, 6.45) is 0. The van der Waals surface area contributed by atoms with Crippen LogP contribution >= 0.6 is 0 Å². The van der Waals surface area contributed by atoms with Crippen molar-refractivity contribution in [1.29, 1.82) is 0 Å². The number of nitrogens with two attached hydrogens (primary N) is 1. The van der Waals surface area contributed by atoms with Gasteiger partial charge < -0.3 is 15.4 Å². The number of methoxy groups -OCH3 is 1. The minimum absolute atomic E-state index is 0.323. The molecule has 0 amide bonds. The first kappa shape index (κ1) is 14.8. The summed E-state index contributed by atoms with van der Waals surface area (Å²) in [4.78, 5) is 13.2. The van der Waals surface area contributed by atoms with E-state index in [0.29, 0.717) is 29.2 Å². The Bertz CT molecular complexity index is 658. The molecule has 0 aromatic heterocycles. The number of anilines is 3. The zero-order chi connectivity index (χ0) is 15.4. The van der Waals surface area contributed by atoms with Gasteiger partial charge in [0.1, 0.15) is 5.82 Å². The number of halogens is 1. The SMILES string of the molecule is CCN(c1ccc(C(=O)OC)cc1N)c1ccccc1F. The minimum Gasteiger partial charge on any atom is -0.465 e. The van der Waals surface area contributed by atoms with Gasteiger partial charge in [0, 0.05) is 6.54 Å². The van der Waals surface area contributed by atoms with Crippen molar-refractivity contribution in [3.05, 3.63) is 53.8 Å². The third-order valence-electron chi connectivity index (χ3n) is 3.20. The predicted octanol–water partition coefficient (Wildman–Crippen LogP) is 3.35. The quantitative estimate of drug-likeness (QED) is 0.692. The Balaban J connectivity index is 2.44. The second kappa shape index (κ2) is 6.26. The molecule has 110 valence electrons. The summed E-state index contributed by atoms with van der Waals surface area (Å²) in [6, 6.07) is 11.3. The Morgan fingerprint density at radius 2 is 1.95 bits per heavy atom. The molecule has 0 heterocycles. The van der Waals surface area contributed by atoms with E-state index in [2.05, 4.69) is 4.74 Å². The first-order chi connectivity index (χ1) is 10.1. The van der Waals surface area contributed by atoms with Crippen LogP contribution < -0.4 is 10.6 Å². The van der Waals surface area contributed by atoms with Crippen molar-refractivity contribution in [2.45, 2.75) is 6.92 Å². The molecule has 0 aliphatic heterocycles. The van der Waals surface area contributed by atoms with Crippen molar-refractivity contribution in [3.63, 3.8) is 0 Å². The Labute approximate surface area is 122 Å². The van der Waals surface area contributed by atoms with E-state index in [-0.39, 0.29) is 5.82 Å². The molecule has 0 unspecified atom stereocenters. The number of ether oxygens (including phenoxy) is 1. The summed E-state index contributed by atoms with van der Waals surface area (Å²) in [5, 5.41) is 0. The highest BCUT2D eigenvalue weighted by Gasteiger charge is 2.16. The molecule has 0 saturated carbocycles. The van der Waals surface area contributed by atoms with Crippen molar-refractivity contribution in [1.82, 2.24) is 0 Å². The lowest BCUT2D eigenvalue weighted by Gasteiger charge is -2.25. The fourth-order valence-corrected chi connectivity index (χ4v) is 2.19. The van der Waals surface area contributed by atoms with Gasteiger partial charge in [-0.25, -0.2) is 9.18 Å². The monoisotopic (exact) mass is 288 g/mol. The Morgan fingerprint density at radius 1 is 1.24 bits per heavy atom. The Kier molecular flexibility index (Phi) is 4.42. The fourth-order valence-electron chi connectivity index (χ4n) is 2.19. The van der Waals surface area contributed by atoms with Crippen LogP contribution in [0.4, 0.5) is 21.5 Å². The highest BCUT2D eigenvalue weighted by Crippen LogP contribution is 2.32. The zero-order valence-corrected chi connectivity index (χ0v) is 12.0. The van der Waals surface area contributed by atoms with E-state index in [9.17, 15) is 9.18 Å². The standard InChI is InChI=1S/C16H17FN2O2/c1-3-19(14-7-5-4-6-12(14)17)15-9-8-11(10-13(15)18)16(20)21-2/h4-10H,3,18H2,1-2H3. The number of carbonyl (C=O) groups is 1. The van der Waals surface area contributed by atoms with E-state index < -0.39 is 5.97 Å². The molecule has 0 spiro atoms. The topological polar surface area (TPSA) is 55.6 Å². The van der Waals surface area contributed by atoms with Gasteiger partial charge in [-0.2, -0.15) is 0 Å². The normalized spacial score (nSPS) is 10.2. The van der Waals surface area contributed by atoms with Crippen LogP contribution in [-0.4, -0.2) is 19.6 Å². The van der Waals surface area contributed by atoms with Gasteiger partial charge in [0.25, 0.3) is 0 Å². The molecule has 0 saturated heterocycles. The molecule has 0 aliphatic rings. The zero-order valence-electron chi connectivity index (χ0n) is 12.0. The molecule has 0 atom stereocenters. The Hall–Kier alpha value is -2.56. The van der Waals surface area contributed by atoms with Gasteiger partial charge in [0.05, 0.1) is 29.7 Å². The number of benzene rings is 2. The van der Waals surface area contributed by atoms with Gasteiger partial charge in [-0.1, -0.05) is 12.1 Å². The second-order valence-corrected chi connectivity index (χ2v) is 4.46. The van der Waals surface area contributed by atoms with Crippen LogP contribution in [0, 0.1) is 5.82 Å². The van der Waals surface area contributed by atoms with Crippen LogP contribution in [0.2, 0.25) is 0 Å². The number of hydrogen-bond donors (Lipinski definition) is 1. The van der Waals surface area contributed by atoms with Crippen LogP contribution in [-0.2, 0) is 4.74 Å². The molecular weight excluding hydrogens is 271 g/mol. The number of hydrogen-bond acceptors (Lipinski definition) is 4. The summed E-state index contributed by atoms with van der Waals surface area (Å²) in [5.74, 6) is -0.780. The number of nitrogen functional groups attached to an aromatic ring is 1. The molecule has 0 aliphatic carbocycles. The summed E-state index contributed by atoms with van der Waals surface area (Å²) in [7, 11) is 1.31. The van der Waals surface area contributed by atoms with E-state index in [1.54, 1.807) is 35.2 Å². The van der Waals surface area contributed by atoms with E-state index in [4.69, 9.17) is 5.73 Å². The maximum absolute atomic E-state index is 13.9. The lowest BCUT2D eigenvalue weighted by atomic mass is 10.1. The first-order valence-corrected chi connectivity index (χ1v) is 6.58. The summed E-state index contributed by atoms with van der Waals surface area (Å²) < 4.78 is 18.6. The third-order valence-corrected chi connectivity index (χ3v) is 3.20. The number of esters is 1. The van der Waals surface area contributed by atoms with E-state index in [1.165, 1.54) is 19.2 Å². The lowest BCUT2D eigenvalue weighted by Crippen LogP contribution is -2.19. The molecular formula is C16H17FN2O2. The molecule has 0 fully saturated rings. The van der Waals surface area contributed by atoms with Gasteiger partial charge in [-0.05, 0) is 37.3 Å². The smallest absolute Gasteiger partial charge is 0.337 e. The maximum atomic E-state index is 13.9. The van der Waals surface area contributed by atoms with Gasteiger partial charge in [-0.3, -0.25) is 0 Å². The molecule has 0 radical (unpaired) electrons. The van der Waals surface area contributed by atoms with Gasteiger partial charge in [0.2, 0.25) is 0 Å². The van der Waals surface area contributed by atoms with Gasteiger partial charge in [0.15, 0.2) is 0 Å². The number of carbonyl (C=O) groups excluding carboxylic acids is 1. The van der Waals surface area contributed by atoms with Crippen molar-refractivity contribution >= 4 is 23.0 Å². The molecule has 21 heavy (non-hydrogen) atoms. The van der Waals surface area contributed by atoms with E-state index in [0.717, 1.165) is 0 Å². The summed E-state index contributed by atoms with van der Waals surface area (Å²) in [5.41, 5.74) is 7.85. The van der Waals surface area contributed by atoms with Gasteiger partial charge in [-0.15, -0.1) is 0 Å². The maximum Gasteiger partial charge on any atom is 0.337 e. The Morgan fingerprint density at radius 3 is 2.52 bits per heavy atom. The highest BCUT2D eigenvalue weighted by atomic mass is 19.1. The number of nitrogens with zero attached hydrogens (tertiary/aromatic N) is 1. The molecule has 2 N–H and O–H groups in total. The van der Waals surface area contributed by atoms with Crippen LogP contribution in [0.25, 0.3) is 0 Å². The fraction of sp³-hybridized carbons (Fsp3) is 0.188. The molecule has 2 aromatic carbocycles. The number of para-hydroxylation sites is 1. The molecule has 5 heteroatoms. The summed E-state index contributed by atoms with van der Waals surface area (Å²) in [6.45, 7) is 2.45. The molecule has 0 bridgehead atoms. The predicted molar refractivity (Wildman–Crippen MR) is 81.3 cm³/mol. The van der Waals surface area contributed by atoms with E-state index in [1.807, 2.05) is 6.92 Å². The molecule has 4 nitrogen and oxygen atoms in total. The van der Waals surface area contributed by atoms with Crippen LogP contribution in [0.15, 0.2) is 42.5 Å².